The van der Waals surface area contributed by atoms with Gasteiger partial charge < -0.3 is 11.1 Å². The van der Waals surface area contributed by atoms with Crippen LogP contribution in [0.15, 0.2) is 54.3 Å². The fourth-order valence-electron chi connectivity index (χ4n) is 2.84. The van der Waals surface area contributed by atoms with Crippen LogP contribution >= 0.6 is 11.3 Å². The number of pyridine rings is 1. The normalized spacial score (nSPS) is 19.6. The first kappa shape index (κ1) is 14.6. The van der Waals surface area contributed by atoms with E-state index in [2.05, 4.69) is 27.0 Å². The summed E-state index contributed by atoms with van der Waals surface area (Å²) in [6.07, 6.45) is 3.39. The summed E-state index contributed by atoms with van der Waals surface area (Å²) in [7, 11) is 0. The summed E-state index contributed by atoms with van der Waals surface area (Å²) in [6.45, 7) is 3.96. The molecule has 0 aliphatic carbocycles. The second-order valence-corrected chi connectivity index (χ2v) is 6.42. The van der Waals surface area contributed by atoms with Crippen LogP contribution in [-0.2, 0) is 4.79 Å². The molecule has 120 valence electrons. The van der Waals surface area contributed by atoms with Crippen molar-refractivity contribution in [3.63, 3.8) is 0 Å². The van der Waals surface area contributed by atoms with E-state index < -0.39 is 11.8 Å². The molecule has 0 spiro atoms. The maximum atomic E-state index is 12.0. The topological polar surface area (TPSA) is 98.7 Å². The van der Waals surface area contributed by atoms with Gasteiger partial charge in [0.05, 0.1) is 0 Å². The molecule has 0 saturated heterocycles. The Hall–Kier alpha value is -3.00. The fraction of sp³-hybridized carbons (Fsp3) is 0.125. The lowest BCUT2D eigenvalue weighted by atomic mass is 9.93. The highest BCUT2D eigenvalue weighted by Gasteiger charge is 2.39. The number of anilines is 1. The predicted octanol–water partition coefficient (Wildman–Crippen LogP) is 2.03. The van der Waals surface area contributed by atoms with Crippen molar-refractivity contribution in [3.05, 3.63) is 59.2 Å². The molecule has 3 aromatic rings. The Morgan fingerprint density at radius 3 is 2.92 bits per heavy atom. The van der Waals surface area contributed by atoms with Gasteiger partial charge in [-0.3, -0.25) is 9.78 Å². The Kier molecular flexibility index (Phi) is 3.39. The van der Waals surface area contributed by atoms with Crippen molar-refractivity contribution in [2.24, 2.45) is 11.7 Å². The predicted molar refractivity (Wildman–Crippen MR) is 91.2 cm³/mol. The lowest BCUT2D eigenvalue weighted by Crippen LogP contribution is -2.39. The van der Waals surface area contributed by atoms with Crippen LogP contribution in [0.4, 0.5) is 5.95 Å². The van der Waals surface area contributed by atoms with Crippen molar-refractivity contribution in [2.45, 2.75) is 6.04 Å². The molecule has 1 aliphatic rings. The van der Waals surface area contributed by atoms with E-state index in [-0.39, 0.29) is 6.04 Å². The van der Waals surface area contributed by atoms with Gasteiger partial charge >= 0.3 is 0 Å². The maximum absolute atomic E-state index is 12.0. The van der Waals surface area contributed by atoms with Gasteiger partial charge in [0.2, 0.25) is 11.9 Å². The number of nitrogens with zero attached hydrogens (tertiary/aromatic N) is 4. The third-order valence-corrected chi connectivity index (χ3v) is 4.86. The SMILES string of the molecule is C=C1Nc2nc(-c3cccnc3)nn2C(c2cccs2)C1C(N)=O. The van der Waals surface area contributed by atoms with Crippen LogP contribution in [0.5, 0.6) is 0 Å². The molecule has 4 rings (SSSR count). The van der Waals surface area contributed by atoms with Crippen molar-refractivity contribution >= 4 is 23.2 Å². The molecule has 0 bridgehead atoms. The van der Waals surface area contributed by atoms with Gasteiger partial charge in [-0.15, -0.1) is 16.4 Å². The number of rotatable bonds is 3. The molecule has 4 heterocycles. The quantitative estimate of drug-likeness (QED) is 0.761. The molecule has 3 aromatic heterocycles. The average Bonchev–Trinajstić information content (AvgIpc) is 3.23. The largest absolute Gasteiger partial charge is 0.369 e. The third-order valence-electron chi connectivity index (χ3n) is 3.92. The van der Waals surface area contributed by atoms with Crippen LogP contribution < -0.4 is 11.1 Å². The number of nitrogens with one attached hydrogen (secondary N) is 1. The number of fused-ring (bicyclic) bond motifs is 1. The van der Waals surface area contributed by atoms with Crippen LogP contribution in [-0.4, -0.2) is 25.7 Å². The van der Waals surface area contributed by atoms with Crippen LogP contribution in [0, 0.1) is 5.92 Å². The smallest absolute Gasteiger partial charge is 0.229 e. The van der Waals surface area contributed by atoms with E-state index in [1.807, 2.05) is 29.6 Å². The Balaban J connectivity index is 1.87. The molecule has 1 amide bonds. The summed E-state index contributed by atoms with van der Waals surface area (Å²) in [5, 5.41) is 9.59. The number of carbonyl (C=O) groups excluding carboxylic acids is 1. The number of nitrogens with two attached hydrogens (primary N) is 1. The third kappa shape index (κ3) is 2.28. The zero-order chi connectivity index (χ0) is 16.7. The summed E-state index contributed by atoms with van der Waals surface area (Å²) >= 11 is 1.54. The molecule has 0 aromatic carbocycles. The van der Waals surface area contributed by atoms with E-state index in [1.165, 1.54) is 0 Å². The van der Waals surface area contributed by atoms with Crippen LogP contribution in [0.3, 0.4) is 0 Å². The Morgan fingerprint density at radius 2 is 2.25 bits per heavy atom. The van der Waals surface area contributed by atoms with E-state index in [4.69, 9.17) is 5.73 Å². The molecule has 0 fully saturated rings. The molecule has 2 unspecified atom stereocenters. The minimum atomic E-state index is -0.598. The summed E-state index contributed by atoms with van der Waals surface area (Å²) in [5.41, 5.74) is 6.95. The zero-order valence-electron chi connectivity index (χ0n) is 12.6. The van der Waals surface area contributed by atoms with Gasteiger partial charge in [0.1, 0.15) is 12.0 Å². The van der Waals surface area contributed by atoms with Crippen molar-refractivity contribution in [2.75, 3.05) is 5.32 Å². The summed E-state index contributed by atoms with van der Waals surface area (Å²) in [6, 6.07) is 7.24. The van der Waals surface area contributed by atoms with Crippen molar-refractivity contribution in [1.82, 2.24) is 19.7 Å². The van der Waals surface area contributed by atoms with Crippen LogP contribution in [0.2, 0.25) is 0 Å². The Morgan fingerprint density at radius 1 is 1.38 bits per heavy atom. The van der Waals surface area contributed by atoms with Crippen LogP contribution in [0.25, 0.3) is 11.4 Å². The first-order valence-corrected chi connectivity index (χ1v) is 8.18. The first-order valence-electron chi connectivity index (χ1n) is 7.30. The number of aromatic nitrogens is 4. The second-order valence-electron chi connectivity index (χ2n) is 5.44. The lowest BCUT2D eigenvalue weighted by molar-refractivity contribution is -0.121. The minimum Gasteiger partial charge on any atom is -0.369 e. The number of hydrogen-bond donors (Lipinski definition) is 2. The molecule has 0 radical (unpaired) electrons. The number of hydrogen-bond acceptors (Lipinski definition) is 6. The Labute approximate surface area is 141 Å². The molecule has 0 saturated carbocycles. The highest BCUT2D eigenvalue weighted by molar-refractivity contribution is 7.10. The zero-order valence-corrected chi connectivity index (χ0v) is 13.4. The highest BCUT2D eigenvalue weighted by Crippen LogP contribution is 2.39. The van der Waals surface area contributed by atoms with E-state index in [0.717, 1.165) is 10.4 Å². The van der Waals surface area contributed by atoms with Crippen molar-refractivity contribution in [3.8, 4) is 11.4 Å². The molecule has 1 aliphatic heterocycles. The first-order chi connectivity index (χ1) is 11.6. The van der Waals surface area contributed by atoms with Crippen LogP contribution in [0.1, 0.15) is 10.9 Å². The number of primary amides is 1. The number of amides is 1. The molecular formula is C16H14N6OS. The lowest BCUT2D eigenvalue weighted by Gasteiger charge is -2.31. The van der Waals surface area contributed by atoms with Gasteiger partial charge in [-0.05, 0) is 23.6 Å². The molecular weight excluding hydrogens is 324 g/mol. The van der Waals surface area contributed by atoms with Gasteiger partial charge in [-0.25, -0.2) is 4.68 Å². The number of carbonyl (C=O) groups is 1. The molecule has 8 heteroatoms. The van der Waals surface area contributed by atoms with Crippen molar-refractivity contribution in [1.29, 1.82) is 0 Å². The second kappa shape index (κ2) is 5.57. The van der Waals surface area contributed by atoms with Gasteiger partial charge in [-0.1, -0.05) is 12.6 Å². The summed E-state index contributed by atoms with van der Waals surface area (Å²) in [4.78, 5) is 21.6. The maximum Gasteiger partial charge on any atom is 0.229 e. The molecule has 2 atom stereocenters. The van der Waals surface area contributed by atoms with Gasteiger partial charge in [0.15, 0.2) is 5.82 Å². The van der Waals surface area contributed by atoms with E-state index in [0.29, 0.717) is 17.5 Å². The van der Waals surface area contributed by atoms with Gasteiger partial charge in [-0.2, -0.15) is 4.98 Å². The Bertz CT molecular complexity index is 902. The molecule has 3 N–H and O–H groups in total. The van der Waals surface area contributed by atoms with Crippen molar-refractivity contribution < 1.29 is 4.79 Å². The van der Waals surface area contributed by atoms with E-state index in [1.54, 1.807) is 28.4 Å². The monoisotopic (exact) mass is 338 g/mol. The van der Waals surface area contributed by atoms with E-state index in [9.17, 15) is 4.79 Å². The average molecular weight is 338 g/mol. The number of thiophene rings is 1. The standard InChI is InChI=1S/C16H14N6OS/c1-9-12(14(17)23)13(11-5-3-7-24-11)22-16(19-9)20-15(21-22)10-4-2-6-18-8-10/h2-8,12-13H,1H2,(H2,17,23)(H,19,20,21). The van der Waals surface area contributed by atoms with Gasteiger partial charge in [0.25, 0.3) is 0 Å². The molecule has 24 heavy (non-hydrogen) atoms. The summed E-state index contributed by atoms with van der Waals surface area (Å²) in [5.74, 6) is 0.0226. The molecule has 7 nitrogen and oxygen atoms in total. The van der Waals surface area contributed by atoms with E-state index >= 15 is 0 Å². The minimum absolute atomic E-state index is 0.357. The summed E-state index contributed by atoms with van der Waals surface area (Å²) < 4.78 is 1.71. The fourth-order valence-corrected chi connectivity index (χ4v) is 3.69. The van der Waals surface area contributed by atoms with Gasteiger partial charge in [0, 0.05) is 28.5 Å². The highest BCUT2D eigenvalue weighted by atomic mass is 32.1.